The van der Waals surface area contributed by atoms with E-state index in [1.54, 1.807) is 50.6 Å². The third-order valence-electron chi connectivity index (χ3n) is 3.12. The molecule has 0 heterocycles. The van der Waals surface area contributed by atoms with Crippen LogP contribution in [0.2, 0.25) is 0 Å². The summed E-state index contributed by atoms with van der Waals surface area (Å²) in [6.07, 6.45) is 2.83. The maximum absolute atomic E-state index is 11.7. The number of ether oxygens (including phenoxy) is 2. The Kier molecular flexibility index (Phi) is 5.96. The fourth-order valence-corrected chi connectivity index (χ4v) is 1.91. The summed E-state index contributed by atoms with van der Waals surface area (Å²) in [6.45, 7) is 0. The standard InChI is InChI=1S/C18H18N2O4/c1-22-15-10-8-13(12-16(15)23-2)9-11-17(21)24-20-18(19)14-6-4-3-5-7-14/h3-12H,1-2H3,(H2,19,20)/b11-9+. The highest BCUT2D eigenvalue weighted by Crippen LogP contribution is 2.27. The molecule has 0 fully saturated rings. The Morgan fingerprint density at radius 1 is 1.04 bits per heavy atom. The number of oxime groups is 1. The molecular formula is C18H18N2O4. The lowest BCUT2D eigenvalue weighted by molar-refractivity contribution is -0.137. The van der Waals surface area contributed by atoms with Crippen LogP contribution in [0.3, 0.4) is 0 Å². The third-order valence-corrected chi connectivity index (χ3v) is 3.12. The summed E-state index contributed by atoms with van der Waals surface area (Å²) in [4.78, 5) is 16.5. The summed E-state index contributed by atoms with van der Waals surface area (Å²) in [5.41, 5.74) is 7.17. The molecular weight excluding hydrogens is 308 g/mol. The maximum atomic E-state index is 11.7. The first-order valence-electron chi connectivity index (χ1n) is 7.14. The van der Waals surface area contributed by atoms with Crippen LogP contribution in [0.5, 0.6) is 11.5 Å². The van der Waals surface area contributed by atoms with Crippen molar-refractivity contribution in [2.75, 3.05) is 14.2 Å². The van der Waals surface area contributed by atoms with Crippen molar-refractivity contribution in [3.8, 4) is 11.5 Å². The van der Waals surface area contributed by atoms with E-state index < -0.39 is 5.97 Å². The predicted octanol–water partition coefficient (Wildman–Crippen LogP) is 2.58. The quantitative estimate of drug-likeness (QED) is 0.290. The molecule has 2 aromatic carbocycles. The number of methoxy groups -OCH3 is 2. The first-order valence-corrected chi connectivity index (χ1v) is 7.14. The van der Waals surface area contributed by atoms with Crippen LogP contribution < -0.4 is 15.2 Å². The average molecular weight is 326 g/mol. The summed E-state index contributed by atoms with van der Waals surface area (Å²) >= 11 is 0. The van der Waals surface area contributed by atoms with E-state index in [4.69, 9.17) is 20.0 Å². The van der Waals surface area contributed by atoms with E-state index >= 15 is 0 Å². The largest absolute Gasteiger partial charge is 0.493 e. The van der Waals surface area contributed by atoms with Gasteiger partial charge in [0.25, 0.3) is 0 Å². The van der Waals surface area contributed by atoms with Gasteiger partial charge in [0.2, 0.25) is 0 Å². The lowest BCUT2D eigenvalue weighted by atomic mass is 10.2. The number of nitrogens with zero attached hydrogens (tertiary/aromatic N) is 1. The van der Waals surface area contributed by atoms with Gasteiger partial charge in [-0.05, 0) is 23.8 Å². The van der Waals surface area contributed by atoms with E-state index in [-0.39, 0.29) is 5.84 Å². The zero-order valence-electron chi connectivity index (χ0n) is 13.4. The topological polar surface area (TPSA) is 83.1 Å². The van der Waals surface area contributed by atoms with Gasteiger partial charge in [0.05, 0.1) is 14.2 Å². The Balaban J connectivity index is 2.00. The first-order chi connectivity index (χ1) is 11.6. The average Bonchev–Trinajstić information content (AvgIpc) is 2.64. The molecule has 0 aliphatic heterocycles. The highest BCUT2D eigenvalue weighted by atomic mass is 16.7. The molecule has 2 rings (SSSR count). The zero-order chi connectivity index (χ0) is 17.4. The van der Waals surface area contributed by atoms with E-state index in [9.17, 15) is 4.79 Å². The number of rotatable bonds is 6. The van der Waals surface area contributed by atoms with Crippen molar-refractivity contribution in [3.05, 3.63) is 65.7 Å². The normalized spacial score (nSPS) is 11.3. The molecule has 6 heteroatoms. The van der Waals surface area contributed by atoms with E-state index in [1.165, 1.54) is 6.08 Å². The molecule has 0 atom stereocenters. The number of carbonyl (C=O) groups is 1. The summed E-state index contributed by atoms with van der Waals surface area (Å²) < 4.78 is 10.3. The highest BCUT2D eigenvalue weighted by molar-refractivity contribution is 5.97. The second-order valence-corrected chi connectivity index (χ2v) is 4.70. The minimum atomic E-state index is -0.635. The van der Waals surface area contributed by atoms with Gasteiger partial charge in [-0.3, -0.25) is 0 Å². The molecule has 0 saturated carbocycles. The molecule has 124 valence electrons. The van der Waals surface area contributed by atoms with Crippen molar-refractivity contribution >= 4 is 17.9 Å². The molecule has 0 saturated heterocycles. The van der Waals surface area contributed by atoms with E-state index in [0.29, 0.717) is 17.1 Å². The van der Waals surface area contributed by atoms with Gasteiger partial charge in [0.1, 0.15) is 0 Å². The third kappa shape index (κ3) is 4.61. The van der Waals surface area contributed by atoms with Crippen molar-refractivity contribution in [3.63, 3.8) is 0 Å². The monoisotopic (exact) mass is 326 g/mol. The zero-order valence-corrected chi connectivity index (χ0v) is 13.4. The molecule has 0 aliphatic carbocycles. The Bertz CT molecular complexity index is 755. The molecule has 0 unspecified atom stereocenters. The number of nitrogens with two attached hydrogens (primary N) is 1. The van der Waals surface area contributed by atoms with Gasteiger partial charge >= 0.3 is 5.97 Å². The van der Waals surface area contributed by atoms with Crippen LogP contribution in [0, 0.1) is 0 Å². The molecule has 0 spiro atoms. The van der Waals surface area contributed by atoms with Crippen molar-refractivity contribution < 1.29 is 19.1 Å². The molecule has 2 N–H and O–H groups in total. The SMILES string of the molecule is COc1ccc(/C=C/C(=O)O/N=C(\N)c2ccccc2)cc1OC. The summed E-state index contributed by atoms with van der Waals surface area (Å²) in [7, 11) is 3.10. The van der Waals surface area contributed by atoms with Crippen LogP contribution in [0.4, 0.5) is 0 Å². The fourth-order valence-electron chi connectivity index (χ4n) is 1.91. The summed E-state index contributed by atoms with van der Waals surface area (Å²) in [5.74, 6) is 0.670. The smallest absolute Gasteiger partial charge is 0.358 e. The van der Waals surface area contributed by atoms with Gasteiger partial charge in [0, 0.05) is 11.6 Å². The van der Waals surface area contributed by atoms with Gasteiger partial charge in [-0.15, -0.1) is 0 Å². The van der Waals surface area contributed by atoms with Crippen molar-refractivity contribution in [2.24, 2.45) is 10.9 Å². The Morgan fingerprint density at radius 3 is 2.42 bits per heavy atom. The second-order valence-electron chi connectivity index (χ2n) is 4.70. The van der Waals surface area contributed by atoms with Gasteiger partial charge in [-0.25, -0.2) is 4.79 Å². The molecule has 24 heavy (non-hydrogen) atoms. The molecule has 0 aliphatic rings. The van der Waals surface area contributed by atoms with Crippen LogP contribution in [-0.4, -0.2) is 26.0 Å². The van der Waals surface area contributed by atoms with Crippen LogP contribution >= 0.6 is 0 Å². The number of benzene rings is 2. The van der Waals surface area contributed by atoms with Crippen LogP contribution in [-0.2, 0) is 9.63 Å². The lowest BCUT2D eigenvalue weighted by Gasteiger charge is -2.07. The number of hydrogen-bond donors (Lipinski definition) is 1. The first kappa shape index (κ1) is 17.1. The molecule has 0 radical (unpaired) electrons. The fraction of sp³-hybridized carbons (Fsp3) is 0.111. The van der Waals surface area contributed by atoms with E-state index in [0.717, 1.165) is 5.56 Å². The molecule has 0 aromatic heterocycles. The Morgan fingerprint density at radius 2 is 1.75 bits per heavy atom. The summed E-state index contributed by atoms with van der Waals surface area (Å²) in [5, 5.41) is 3.62. The van der Waals surface area contributed by atoms with Crippen molar-refractivity contribution in [2.45, 2.75) is 0 Å². The second kappa shape index (κ2) is 8.38. The minimum Gasteiger partial charge on any atom is -0.493 e. The highest BCUT2D eigenvalue weighted by Gasteiger charge is 2.04. The molecule has 0 bridgehead atoms. The number of amidine groups is 1. The van der Waals surface area contributed by atoms with Gasteiger partial charge < -0.3 is 20.0 Å². The van der Waals surface area contributed by atoms with Gasteiger partial charge in [0.15, 0.2) is 17.3 Å². The number of carbonyl (C=O) groups excluding carboxylic acids is 1. The molecule has 0 amide bonds. The van der Waals surface area contributed by atoms with Crippen molar-refractivity contribution in [1.29, 1.82) is 0 Å². The predicted molar refractivity (Wildman–Crippen MR) is 91.8 cm³/mol. The van der Waals surface area contributed by atoms with Crippen molar-refractivity contribution in [1.82, 2.24) is 0 Å². The Hall–Kier alpha value is -3.28. The van der Waals surface area contributed by atoms with Gasteiger partial charge in [-0.1, -0.05) is 41.6 Å². The van der Waals surface area contributed by atoms with E-state index in [1.807, 2.05) is 18.2 Å². The van der Waals surface area contributed by atoms with E-state index in [2.05, 4.69) is 5.16 Å². The van der Waals surface area contributed by atoms with Crippen LogP contribution in [0.15, 0.2) is 59.8 Å². The lowest BCUT2D eigenvalue weighted by Crippen LogP contribution is -2.14. The van der Waals surface area contributed by atoms with Crippen LogP contribution in [0.1, 0.15) is 11.1 Å². The van der Waals surface area contributed by atoms with Crippen LogP contribution in [0.25, 0.3) is 6.08 Å². The maximum Gasteiger partial charge on any atom is 0.358 e. The summed E-state index contributed by atoms with van der Waals surface area (Å²) in [6, 6.07) is 14.3. The van der Waals surface area contributed by atoms with Gasteiger partial charge in [-0.2, -0.15) is 0 Å². The molecule has 2 aromatic rings. The number of hydrogen-bond acceptors (Lipinski definition) is 5. The Labute approximate surface area is 140 Å². The minimum absolute atomic E-state index is 0.128. The molecule has 6 nitrogen and oxygen atoms in total.